The number of amides is 1. The standard InChI is InChI=1S/C22H21NO8/c1-13-8-21(25)31-18-10-15(4-6-16(13)18)29-12-22(26)30-11-20(24)23-17-7-5-14(27-2)9-19(17)28-3/h4-10H,11-12H2,1-3H3,(H,23,24). The van der Waals surface area contributed by atoms with Gasteiger partial charge in [-0.1, -0.05) is 0 Å². The Morgan fingerprint density at radius 3 is 2.48 bits per heavy atom. The SMILES string of the molecule is COc1ccc(NC(=O)COC(=O)COc2ccc3c(C)cc(=O)oc3c2)c(OC)c1. The summed E-state index contributed by atoms with van der Waals surface area (Å²) in [6.07, 6.45) is 0. The highest BCUT2D eigenvalue weighted by Crippen LogP contribution is 2.29. The number of carbonyl (C=O) groups is 2. The summed E-state index contributed by atoms with van der Waals surface area (Å²) in [4.78, 5) is 35.5. The molecule has 0 bridgehead atoms. The number of carbonyl (C=O) groups excluding carboxylic acids is 2. The predicted molar refractivity (Wildman–Crippen MR) is 112 cm³/mol. The van der Waals surface area contributed by atoms with Gasteiger partial charge >= 0.3 is 11.6 Å². The van der Waals surface area contributed by atoms with Crippen molar-refractivity contribution in [1.82, 2.24) is 0 Å². The van der Waals surface area contributed by atoms with Crippen LogP contribution in [0.5, 0.6) is 17.2 Å². The Labute approximate surface area is 177 Å². The van der Waals surface area contributed by atoms with E-state index in [1.807, 2.05) is 0 Å². The lowest BCUT2D eigenvalue weighted by Gasteiger charge is -2.12. The Bertz CT molecular complexity index is 1170. The van der Waals surface area contributed by atoms with Crippen LogP contribution in [-0.4, -0.2) is 39.3 Å². The van der Waals surface area contributed by atoms with Crippen molar-refractivity contribution in [2.45, 2.75) is 6.92 Å². The highest BCUT2D eigenvalue weighted by Gasteiger charge is 2.12. The van der Waals surface area contributed by atoms with Crippen LogP contribution in [-0.2, 0) is 14.3 Å². The zero-order valence-electron chi connectivity index (χ0n) is 17.2. The maximum absolute atomic E-state index is 12.1. The lowest BCUT2D eigenvalue weighted by atomic mass is 10.1. The van der Waals surface area contributed by atoms with Crippen LogP contribution in [0, 0.1) is 6.92 Å². The smallest absolute Gasteiger partial charge is 0.344 e. The van der Waals surface area contributed by atoms with E-state index < -0.39 is 30.7 Å². The number of benzene rings is 2. The zero-order chi connectivity index (χ0) is 22.4. The summed E-state index contributed by atoms with van der Waals surface area (Å²) < 4.78 is 25.7. The Kier molecular flexibility index (Phi) is 6.76. The summed E-state index contributed by atoms with van der Waals surface area (Å²) in [6.45, 7) is 0.883. The molecule has 0 radical (unpaired) electrons. The number of aryl methyl sites for hydroxylation is 1. The molecular formula is C22H21NO8. The van der Waals surface area contributed by atoms with Crippen molar-refractivity contribution in [2.24, 2.45) is 0 Å². The molecule has 1 aromatic heterocycles. The summed E-state index contributed by atoms with van der Waals surface area (Å²) in [6, 6.07) is 11.2. The lowest BCUT2D eigenvalue weighted by molar-refractivity contribution is -0.149. The fourth-order valence-corrected chi connectivity index (χ4v) is 2.81. The van der Waals surface area contributed by atoms with Crippen LogP contribution in [0.4, 0.5) is 5.69 Å². The van der Waals surface area contributed by atoms with Crippen LogP contribution in [0.1, 0.15) is 5.56 Å². The number of esters is 1. The van der Waals surface area contributed by atoms with Crippen molar-refractivity contribution in [3.63, 3.8) is 0 Å². The molecule has 3 rings (SSSR count). The van der Waals surface area contributed by atoms with Gasteiger partial charge in [-0.2, -0.15) is 0 Å². The number of anilines is 1. The Morgan fingerprint density at radius 2 is 1.74 bits per heavy atom. The van der Waals surface area contributed by atoms with Crippen molar-refractivity contribution in [2.75, 3.05) is 32.8 Å². The fraction of sp³-hybridized carbons (Fsp3) is 0.227. The Morgan fingerprint density at radius 1 is 0.968 bits per heavy atom. The topological polar surface area (TPSA) is 113 Å². The average Bonchev–Trinajstić information content (AvgIpc) is 2.76. The molecule has 0 aliphatic carbocycles. The maximum atomic E-state index is 12.1. The Balaban J connectivity index is 1.52. The molecule has 1 heterocycles. The molecule has 0 atom stereocenters. The van der Waals surface area contributed by atoms with Crippen molar-refractivity contribution in [3.05, 3.63) is 58.4 Å². The minimum atomic E-state index is -0.734. The first-order chi connectivity index (χ1) is 14.9. The molecule has 0 fully saturated rings. The van der Waals surface area contributed by atoms with E-state index in [0.29, 0.717) is 28.5 Å². The van der Waals surface area contributed by atoms with Crippen molar-refractivity contribution < 1.29 is 33.0 Å². The van der Waals surface area contributed by atoms with E-state index in [0.717, 1.165) is 10.9 Å². The molecule has 3 aromatic rings. The molecule has 0 aliphatic rings. The van der Waals surface area contributed by atoms with Crippen molar-refractivity contribution in [3.8, 4) is 17.2 Å². The number of methoxy groups -OCH3 is 2. The van der Waals surface area contributed by atoms with E-state index in [4.69, 9.17) is 23.4 Å². The number of hydrogen-bond donors (Lipinski definition) is 1. The number of ether oxygens (including phenoxy) is 4. The molecule has 0 unspecified atom stereocenters. The molecule has 0 spiro atoms. The van der Waals surface area contributed by atoms with Gasteiger partial charge in [0.05, 0.1) is 19.9 Å². The van der Waals surface area contributed by atoms with Gasteiger partial charge in [0.25, 0.3) is 5.91 Å². The number of fused-ring (bicyclic) bond motifs is 1. The monoisotopic (exact) mass is 427 g/mol. The predicted octanol–water partition coefficient (Wildman–Crippen LogP) is 2.68. The third kappa shape index (κ3) is 5.53. The molecule has 2 aromatic carbocycles. The largest absolute Gasteiger partial charge is 0.497 e. The highest BCUT2D eigenvalue weighted by atomic mass is 16.6. The van der Waals surface area contributed by atoms with Gasteiger partial charge in [0.1, 0.15) is 22.8 Å². The molecule has 0 saturated heterocycles. The molecule has 0 aliphatic heterocycles. The zero-order valence-corrected chi connectivity index (χ0v) is 17.2. The summed E-state index contributed by atoms with van der Waals surface area (Å²) in [5, 5.41) is 3.36. The van der Waals surface area contributed by atoms with E-state index in [2.05, 4.69) is 5.32 Å². The summed E-state index contributed by atoms with van der Waals surface area (Å²) in [5.41, 5.74) is 1.06. The van der Waals surface area contributed by atoms with Crippen LogP contribution in [0.3, 0.4) is 0 Å². The molecule has 1 N–H and O–H groups in total. The second-order valence-corrected chi connectivity index (χ2v) is 6.47. The van der Waals surface area contributed by atoms with Crippen molar-refractivity contribution >= 4 is 28.5 Å². The molecule has 1 amide bonds. The summed E-state index contributed by atoms with van der Waals surface area (Å²) >= 11 is 0. The van der Waals surface area contributed by atoms with Crippen molar-refractivity contribution in [1.29, 1.82) is 0 Å². The van der Waals surface area contributed by atoms with Crippen LogP contribution in [0.15, 0.2) is 51.7 Å². The first-order valence-electron chi connectivity index (χ1n) is 9.24. The van der Waals surface area contributed by atoms with Gasteiger partial charge in [-0.3, -0.25) is 4.79 Å². The van der Waals surface area contributed by atoms with Gasteiger partial charge in [0.15, 0.2) is 13.2 Å². The maximum Gasteiger partial charge on any atom is 0.344 e. The van der Waals surface area contributed by atoms with Crippen LogP contribution in [0.25, 0.3) is 11.0 Å². The van der Waals surface area contributed by atoms with Gasteiger partial charge in [0.2, 0.25) is 0 Å². The number of hydrogen-bond acceptors (Lipinski definition) is 8. The molecule has 0 saturated carbocycles. The van der Waals surface area contributed by atoms with E-state index in [1.165, 1.54) is 26.4 Å². The second kappa shape index (κ2) is 9.66. The average molecular weight is 427 g/mol. The van der Waals surface area contributed by atoms with E-state index >= 15 is 0 Å². The number of nitrogens with one attached hydrogen (secondary N) is 1. The third-order valence-corrected chi connectivity index (χ3v) is 4.33. The minimum absolute atomic E-state index is 0.325. The fourth-order valence-electron chi connectivity index (χ4n) is 2.81. The quantitative estimate of drug-likeness (QED) is 0.431. The van der Waals surface area contributed by atoms with E-state index in [-0.39, 0.29) is 0 Å². The summed E-state index contributed by atoms with van der Waals surface area (Å²) in [7, 11) is 2.98. The van der Waals surface area contributed by atoms with Gasteiger partial charge < -0.3 is 28.7 Å². The molecule has 162 valence electrons. The molecule has 9 nitrogen and oxygen atoms in total. The van der Waals surface area contributed by atoms with Gasteiger partial charge in [-0.05, 0) is 36.8 Å². The minimum Gasteiger partial charge on any atom is -0.497 e. The number of rotatable bonds is 8. The first kappa shape index (κ1) is 21.7. The first-order valence-corrected chi connectivity index (χ1v) is 9.24. The molecule has 9 heteroatoms. The van der Waals surface area contributed by atoms with Gasteiger partial charge in [0, 0.05) is 23.6 Å². The highest BCUT2D eigenvalue weighted by molar-refractivity contribution is 5.94. The molecule has 31 heavy (non-hydrogen) atoms. The van der Waals surface area contributed by atoms with Crippen LogP contribution >= 0.6 is 0 Å². The normalized spacial score (nSPS) is 10.4. The Hall–Kier alpha value is -4.01. The second-order valence-electron chi connectivity index (χ2n) is 6.47. The van der Waals surface area contributed by atoms with Crippen LogP contribution in [0.2, 0.25) is 0 Å². The summed E-state index contributed by atoms with van der Waals surface area (Å²) in [5.74, 6) is 0.0233. The van der Waals surface area contributed by atoms with E-state index in [9.17, 15) is 14.4 Å². The lowest BCUT2D eigenvalue weighted by Crippen LogP contribution is -2.23. The van der Waals surface area contributed by atoms with Gasteiger partial charge in [-0.25, -0.2) is 9.59 Å². The van der Waals surface area contributed by atoms with E-state index in [1.54, 1.807) is 37.3 Å². The van der Waals surface area contributed by atoms with Gasteiger partial charge in [-0.15, -0.1) is 0 Å². The third-order valence-electron chi connectivity index (χ3n) is 4.33. The van der Waals surface area contributed by atoms with Crippen LogP contribution < -0.4 is 25.2 Å². The molecular weight excluding hydrogens is 406 g/mol.